The van der Waals surface area contributed by atoms with Crippen LogP contribution in [0.3, 0.4) is 0 Å². The molecule has 0 aliphatic heterocycles. The predicted molar refractivity (Wildman–Crippen MR) is 93.0 cm³/mol. The van der Waals surface area contributed by atoms with Crippen LogP contribution >= 0.6 is 68.3 Å². The van der Waals surface area contributed by atoms with Crippen LogP contribution in [0.2, 0.25) is 0 Å². The number of phenols is 1. The van der Waals surface area contributed by atoms with Crippen molar-refractivity contribution in [2.24, 2.45) is 0 Å². The van der Waals surface area contributed by atoms with Crippen LogP contribution in [0.4, 0.5) is 0 Å². The summed E-state index contributed by atoms with van der Waals surface area (Å²) in [6.07, 6.45) is 0.416. The Bertz CT molecular complexity index is 403. The van der Waals surface area contributed by atoms with Gasteiger partial charge in [0.1, 0.15) is 11.8 Å². The third kappa shape index (κ3) is 6.08. The van der Waals surface area contributed by atoms with Gasteiger partial charge in [-0.25, -0.2) is 0 Å². The van der Waals surface area contributed by atoms with Gasteiger partial charge >= 0.3 is 35.5 Å². The minimum atomic E-state index is -0.854. The second-order valence-electron chi connectivity index (χ2n) is 3.09. The molecule has 2 N–H and O–H groups in total. The summed E-state index contributed by atoms with van der Waals surface area (Å²) in [5.41, 5.74) is 0.920. The van der Waals surface area contributed by atoms with Crippen LogP contribution in [-0.2, 0) is 11.2 Å². The molecule has 1 rings (SSSR count). The van der Waals surface area contributed by atoms with Gasteiger partial charge in [0.05, 0.1) is 0 Å². The molecule has 0 radical (unpaired) electrons. The van der Waals surface area contributed by atoms with E-state index in [-0.39, 0.29) is 35.3 Å². The Hall–Kier alpha value is 1.64. The van der Waals surface area contributed by atoms with E-state index in [4.69, 9.17) is 5.11 Å². The van der Waals surface area contributed by atoms with Crippen LogP contribution in [0, 0.1) is 3.57 Å². The van der Waals surface area contributed by atoms with Crippen LogP contribution < -0.4 is 0 Å². The normalized spacial score (nSPS) is 12.0. The van der Waals surface area contributed by atoms with Gasteiger partial charge in [0.25, 0.3) is 0 Å². The summed E-state index contributed by atoms with van der Waals surface area (Å²) < 4.78 is 2.49. The molecule has 0 aromatic heterocycles. The number of aromatic hydroxyl groups is 1. The Morgan fingerprint density at radius 2 is 2.00 bits per heavy atom. The van der Waals surface area contributed by atoms with E-state index in [1.54, 1.807) is 19.5 Å². The minimum absolute atomic E-state index is 0. The molecule has 0 amide bonds. The molecular formula is C9H9I3NNaO3. The number of carboxylic acid groups (broad SMARTS) is 1. The van der Waals surface area contributed by atoms with Crippen molar-refractivity contribution in [2.45, 2.75) is 12.5 Å². The molecule has 0 bridgehead atoms. The zero-order valence-corrected chi connectivity index (χ0v) is 14.4. The summed E-state index contributed by atoms with van der Waals surface area (Å²) in [5, 5.41) is 18.3. The van der Waals surface area contributed by atoms with Gasteiger partial charge in [0.15, 0.2) is 0 Å². The molecule has 4 nitrogen and oxygen atoms in total. The van der Waals surface area contributed by atoms with Crippen molar-refractivity contribution in [2.75, 3.05) is 0 Å². The first-order valence-corrected chi connectivity index (χ1v) is 7.23. The number of hydrogen-bond donors (Lipinski definition) is 2. The second kappa shape index (κ2) is 8.74. The molecule has 0 fully saturated rings. The fraction of sp³-hybridized carbons (Fsp3) is 0.222. The molecular weight excluding hydrogens is 574 g/mol. The van der Waals surface area contributed by atoms with Crippen molar-refractivity contribution in [1.29, 1.82) is 0 Å². The summed E-state index contributed by atoms with van der Waals surface area (Å²) in [5.74, 6) is -0.659. The summed E-state index contributed by atoms with van der Waals surface area (Å²) in [6, 6.07) is 4.38. The number of carbonyl (C=O) groups is 1. The predicted octanol–water partition coefficient (Wildman–Crippen LogP) is 2.35. The quantitative estimate of drug-likeness (QED) is 0.325. The molecule has 0 spiro atoms. The third-order valence-electron chi connectivity index (χ3n) is 1.97. The molecule has 0 heterocycles. The molecule has 0 unspecified atom stereocenters. The number of rotatable bonds is 4. The summed E-state index contributed by atoms with van der Waals surface area (Å²) in [6.45, 7) is 0. The zero-order chi connectivity index (χ0) is 12.3. The van der Waals surface area contributed by atoms with Gasteiger partial charge in [-0.15, -0.1) is 0 Å². The van der Waals surface area contributed by atoms with Gasteiger partial charge in [-0.2, -0.15) is 1.33 Å². The van der Waals surface area contributed by atoms with Gasteiger partial charge in [0.2, 0.25) is 0 Å². The van der Waals surface area contributed by atoms with E-state index in [1.165, 1.54) is 0 Å². The van der Waals surface area contributed by atoms with E-state index in [0.29, 0.717) is 6.42 Å². The molecule has 1 aromatic rings. The van der Waals surface area contributed by atoms with E-state index in [1.807, 2.05) is 45.7 Å². The monoisotopic (exact) mass is 583 g/mol. The SMILES string of the molecule is O=C(O)[C@H](Cc1ccc(O)cc1I)N(I)I.[NaH]. The average molecular weight is 583 g/mol. The van der Waals surface area contributed by atoms with E-state index >= 15 is 0 Å². The van der Waals surface area contributed by atoms with Crippen LogP contribution in [0.1, 0.15) is 5.56 Å². The maximum atomic E-state index is 11.0. The summed E-state index contributed by atoms with van der Waals surface area (Å²) >= 11 is 5.99. The number of benzene rings is 1. The van der Waals surface area contributed by atoms with Gasteiger partial charge in [-0.05, 0) is 40.3 Å². The third-order valence-corrected chi connectivity index (χ3v) is 4.32. The van der Waals surface area contributed by atoms with Gasteiger partial charge in [0, 0.05) is 55.7 Å². The number of aliphatic carboxylic acids is 1. The molecule has 0 aliphatic rings. The second-order valence-corrected chi connectivity index (χ2v) is 8.18. The van der Waals surface area contributed by atoms with Crippen molar-refractivity contribution < 1.29 is 15.0 Å². The molecule has 0 saturated heterocycles. The Balaban J connectivity index is 0.00000256. The first kappa shape index (κ1) is 18.6. The number of carboxylic acids is 1. The standard InChI is InChI=1S/C9H8I3NO3.Na.H/c10-7-4-6(14)2-1-5(7)3-8(9(15)16)13(11)12;;/h1-2,4,8,14H,3H2,(H,15,16);;/t8-;;/m0../s1. The first-order valence-electron chi connectivity index (χ1n) is 4.23. The molecule has 0 saturated carbocycles. The Labute approximate surface area is 163 Å². The van der Waals surface area contributed by atoms with Crippen LogP contribution in [-0.4, -0.2) is 53.1 Å². The number of phenolic OH excluding ortho intramolecular Hbond substituents is 1. The molecule has 8 heteroatoms. The average Bonchev–Trinajstić information content (AvgIpc) is 2.15. The van der Waals surface area contributed by atoms with Crippen LogP contribution in [0.25, 0.3) is 0 Å². The fourth-order valence-corrected chi connectivity index (χ4v) is 2.74. The summed E-state index contributed by atoms with van der Waals surface area (Å²) in [4.78, 5) is 11.0. The van der Waals surface area contributed by atoms with Crippen molar-refractivity contribution in [1.82, 2.24) is 1.33 Å². The van der Waals surface area contributed by atoms with Gasteiger partial charge in [-0.1, -0.05) is 6.07 Å². The first-order chi connectivity index (χ1) is 7.41. The van der Waals surface area contributed by atoms with Crippen molar-refractivity contribution in [3.8, 4) is 5.75 Å². The number of nitrogens with zero attached hydrogens (tertiary/aromatic N) is 1. The molecule has 90 valence electrons. The molecule has 1 atom stereocenters. The molecule has 17 heavy (non-hydrogen) atoms. The number of hydrogen-bond acceptors (Lipinski definition) is 3. The van der Waals surface area contributed by atoms with Crippen LogP contribution in [0.5, 0.6) is 5.75 Å². The van der Waals surface area contributed by atoms with Gasteiger partial charge < -0.3 is 10.2 Å². The fourth-order valence-electron chi connectivity index (χ4n) is 1.15. The van der Waals surface area contributed by atoms with E-state index in [9.17, 15) is 9.90 Å². The topological polar surface area (TPSA) is 60.8 Å². The zero-order valence-electron chi connectivity index (χ0n) is 7.90. The van der Waals surface area contributed by atoms with Crippen molar-refractivity contribution >= 4 is 104 Å². The van der Waals surface area contributed by atoms with E-state index < -0.39 is 12.0 Å². The maximum absolute atomic E-state index is 11.0. The molecule has 0 aliphatic carbocycles. The molecule has 1 aromatic carbocycles. The summed E-state index contributed by atoms with van der Waals surface area (Å²) in [7, 11) is 0. The van der Waals surface area contributed by atoms with Crippen molar-refractivity contribution in [3.05, 3.63) is 27.3 Å². The number of halogens is 3. The van der Waals surface area contributed by atoms with Gasteiger partial charge in [-0.3, -0.25) is 4.79 Å². The Morgan fingerprint density at radius 3 is 2.41 bits per heavy atom. The Kier molecular flexibility index (Phi) is 9.58. The van der Waals surface area contributed by atoms with E-state index in [0.717, 1.165) is 9.13 Å². The van der Waals surface area contributed by atoms with Crippen LogP contribution in [0.15, 0.2) is 18.2 Å². The van der Waals surface area contributed by atoms with Crippen molar-refractivity contribution in [3.63, 3.8) is 0 Å². The Morgan fingerprint density at radius 1 is 1.41 bits per heavy atom. The van der Waals surface area contributed by atoms with E-state index in [2.05, 4.69) is 22.6 Å².